The summed E-state index contributed by atoms with van der Waals surface area (Å²) in [6.07, 6.45) is 4.63. The quantitative estimate of drug-likeness (QED) is 0.716. The average Bonchev–Trinajstić information content (AvgIpc) is 3.02. The van der Waals surface area contributed by atoms with Crippen LogP contribution in [0.3, 0.4) is 0 Å². The number of fused-ring (bicyclic) bond motifs is 1. The predicted octanol–water partition coefficient (Wildman–Crippen LogP) is 1.40. The molecule has 0 aliphatic heterocycles. The van der Waals surface area contributed by atoms with Gasteiger partial charge in [-0.15, -0.1) is 0 Å². The van der Waals surface area contributed by atoms with Crippen LogP contribution >= 0.6 is 0 Å². The normalized spacial score (nSPS) is 11.2. The lowest BCUT2D eigenvalue weighted by molar-refractivity contribution is -0.117. The van der Waals surface area contributed by atoms with Crippen LogP contribution in [0.4, 0.5) is 5.69 Å². The van der Waals surface area contributed by atoms with Gasteiger partial charge in [0.15, 0.2) is 5.82 Å². The molecule has 0 aliphatic carbocycles. The van der Waals surface area contributed by atoms with E-state index in [-0.39, 0.29) is 23.9 Å². The van der Waals surface area contributed by atoms with Gasteiger partial charge in [-0.25, -0.2) is 9.20 Å². The highest BCUT2D eigenvalue weighted by Crippen LogP contribution is 2.13. The molecule has 136 valence electrons. The molecule has 26 heavy (non-hydrogen) atoms. The van der Waals surface area contributed by atoms with Crippen molar-refractivity contribution in [3.8, 4) is 0 Å². The van der Waals surface area contributed by atoms with Crippen molar-refractivity contribution in [1.82, 2.24) is 29.6 Å². The zero-order chi connectivity index (χ0) is 18.7. The van der Waals surface area contributed by atoms with Crippen molar-refractivity contribution in [2.45, 2.75) is 46.1 Å². The first-order valence-electron chi connectivity index (χ1n) is 8.55. The predicted molar refractivity (Wildman–Crippen MR) is 96.0 cm³/mol. The zero-order valence-corrected chi connectivity index (χ0v) is 15.0. The van der Waals surface area contributed by atoms with Crippen LogP contribution in [0.2, 0.25) is 0 Å². The van der Waals surface area contributed by atoms with E-state index in [1.165, 1.54) is 17.1 Å². The van der Waals surface area contributed by atoms with Gasteiger partial charge in [-0.05, 0) is 18.6 Å². The summed E-state index contributed by atoms with van der Waals surface area (Å²) in [7, 11) is 0. The fourth-order valence-corrected chi connectivity index (χ4v) is 2.65. The lowest BCUT2D eigenvalue weighted by Gasteiger charge is -2.11. The molecule has 0 unspecified atom stereocenters. The molecule has 0 aliphatic rings. The Hall–Kier alpha value is -3.10. The van der Waals surface area contributed by atoms with Crippen molar-refractivity contribution in [3.05, 3.63) is 46.4 Å². The first-order valence-corrected chi connectivity index (χ1v) is 8.55. The summed E-state index contributed by atoms with van der Waals surface area (Å²) < 4.78 is 2.78. The zero-order valence-electron chi connectivity index (χ0n) is 15.0. The molecule has 3 heterocycles. The monoisotopic (exact) mass is 355 g/mol. The molecule has 1 N–H and O–H groups in total. The molecule has 0 bridgehead atoms. The number of carbonyl (C=O) groups is 1. The molecule has 0 fully saturated rings. The topological polar surface area (TPSA) is 107 Å². The maximum absolute atomic E-state index is 12.7. The van der Waals surface area contributed by atoms with E-state index in [0.717, 1.165) is 18.5 Å². The Morgan fingerprint density at radius 2 is 2.08 bits per heavy atom. The van der Waals surface area contributed by atoms with Crippen LogP contribution in [-0.2, 0) is 17.8 Å². The van der Waals surface area contributed by atoms with Crippen LogP contribution in [0.1, 0.15) is 44.6 Å². The van der Waals surface area contributed by atoms with E-state index >= 15 is 0 Å². The van der Waals surface area contributed by atoms with Gasteiger partial charge in [0.1, 0.15) is 12.1 Å². The molecule has 0 saturated heterocycles. The van der Waals surface area contributed by atoms with Gasteiger partial charge in [0.2, 0.25) is 5.91 Å². The van der Waals surface area contributed by atoms with Gasteiger partial charge in [-0.3, -0.25) is 9.59 Å². The third-order valence-corrected chi connectivity index (χ3v) is 3.84. The van der Waals surface area contributed by atoms with Gasteiger partial charge < -0.3 is 5.32 Å². The summed E-state index contributed by atoms with van der Waals surface area (Å²) in [5.41, 5.74) is 1.45. The molecule has 1 amide bonds. The number of amides is 1. The van der Waals surface area contributed by atoms with Crippen molar-refractivity contribution in [2.75, 3.05) is 5.32 Å². The fraction of sp³-hybridized carbons (Fsp3) is 0.412. The summed E-state index contributed by atoms with van der Waals surface area (Å²) in [5, 5.41) is 18.9. The van der Waals surface area contributed by atoms with Crippen molar-refractivity contribution < 1.29 is 4.79 Å². The summed E-state index contributed by atoms with van der Waals surface area (Å²) in [6.45, 7) is 5.81. The van der Waals surface area contributed by atoms with Gasteiger partial charge in [0.25, 0.3) is 5.56 Å². The van der Waals surface area contributed by atoms with Crippen LogP contribution in [0, 0.1) is 0 Å². The average molecular weight is 355 g/mol. The second kappa shape index (κ2) is 7.42. The van der Waals surface area contributed by atoms with E-state index in [9.17, 15) is 9.59 Å². The fourth-order valence-electron chi connectivity index (χ4n) is 2.65. The molecular weight excluding hydrogens is 334 g/mol. The number of aromatic nitrogens is 6. The molecule has 3 aromatic heterocycles. The first kappa shape index (κ1) is 17.7. The summed E-state index contributed by atoms with van der Waals surface area (Å²) in [4.78, 5) is 25.0. The molecule has 0 spiro atoms. The number of hydrogen-bond donors (Lipinski definition) is 1. The SMILES string of the molecule is CCCc1cc2c(=O)n(CC(=O)Nc3ccnnc3)nc(C(C)C)n2n1. The van der Waals surface area contributed by atoms with Gasteiger partial charge in [-0.1, -0.05) is 27.2 Å². The minimum absolute atomic E-state index is 0.0474. The van der Waals surface area contributed by atoms with Crippen LogP contribution in [0.5, 0.6) is 0 Å². The standard InChI is InChI=1S/C17H21N7O2/c1-4-5-12-8-14-17(26)23(22-16(11(2)3)24(14)21-12)10-15(25)20-13-6-7-18-19-9-13/h6-9,11H,4-5,10H2,1-3H3,(H,18,20,25). The molecular formula is C17H21N7O2. The van der Waals surface area contributed by atoms with E-state index in [4.69, 9.17) is 0 Å². The van der Waals surface area contributed by atoms with Crippen molar-refractivity contribution in [2.24, 2.45) is 0 Å². The maximum atomic E-state index is 12.7. The van der Waals surface area contributed by atoms with E-state index in [0.29, 0.717) is 17.0 Å². The molecule has 0 atom stereocenters. The van der Waals surface area contributed by atoms with E-state index in [1.54, 1.807) is 16.6 Å². The molecule has 0 radical (unpaired) electrons. The third-order valence-electron chi connectivity index (χ3n) is 3.84. The first-order chi connectivity index (χ1) is 12.5. The lowest BCUT2D eigenvalue weighted by Crippen LogP contribution is -2.32. The maximum Gasteiger partial charge on any atom is 0.293 e. The number of carbonyl (C=O) groups excluding carboxylic acids is 1. The Morgan fingerprint density at radius 3 is 2.73 bits per heavy atom. The highest BCUT2D eigenvalue weighted by molar-refractivity contribution is 5.90. The molecule has 9 heteroatoms. The second-order valence-corrected chi connectivity index (χ2v) is 6.34. The highest BCUT2D eigenvalue weighted by Gasteiger charge is 2.17. The number of nitrogens with zero attached hydrogens (tertiary/aromatic N) is 6. The number of rotatable bonds is 6. The number of hydrogen-bond acceptors (Lipinski definition) is 6. The Balaban J connectivity index is 1.96. The third kappa shape index (κ3) is 3.61. The van der Waals surface area contributed by atoms with Gasteiger partial charge in [0, 0.05) is 5.92 Å². The van der Waals surface area contributed by atoms with Crippen LogP contribution in [-0.4, -0.2) is 35.5 Å². The van der Waals surface area contributed by atoms with E-state index < -0.39 is 0 Å². The molecule has 3 aromatic rings. The Morgan fingerprint density at radius 1 is 1.27 bits per heavy atom. The van der Waals surface area contributed by atoms with Crippen molar-refractivity contribution in [3.63, 3.8) is 0 Å². The van der Waals surface area contributed by atoms with Gasteiger partial charge in [0.05, 0.1) is 23.8 Å². The highest BCUT2D eigenvalue weighted by atomic mass is 16.2. The number of nitrogens with one attached hydrogen (secondary N) is 1. The summed E-state index contributed by atoms with van der Waals surface area (Å²) in [6, 6.07) is 3.40. The molecule has 3 rings (SSSR count). The number of aryl methyl sites for hydroxylation is 1. The Labute approximate surface area is 150 Å². The minimum Gasteiger partial charge on any atom is -0.323 e. The smallest absolute Gasteiger partial charge is 0.293 e. The summed E-state index contributed by atoms with van der Waals surface area (Å²) in [5.74, 6) is 0.325. The Bertz CT molecular complexity index is 976. The minimum atomic E-state index is -0.361. The lowest BCUT2D eigenvalue weighted by atomic mass is 10.2. The van der Waals surface area contributed by atoms with Crippen LogP contribution in [0.15, 0.2) is 29.3 Å². The van der Waals surface area contributed by atoms with E-state index in [1.807, 2.05) is 13.8 Å². The van der Waals surface area contributed by atoms with Crippen molar-refractivity contribution >= 4 is 17.1 Å². The molecule has 9 nitrogen and oxygen atoms in total. The van der Waals surface area contributed by atoms with E-state index in [2.05, 4.69) is 32.6 Å². The molecule has 0 saturated carbocycles. The number of anilines is 1. The van der Waals surface area contributed by atoms with Gasteiger partial charge >= 0.3 is 0 Å². The second-order valence-electron chi connectivity index (χ2n) is 6.34. The molecule has 0 aromatic carbocycles. The summed E-state index contributed by atoms with van der Waals surface area (Å²) >= 11 is 0. The van der Waals surface area contributed by atoms with Crippen LogP contribution in [0.25, 0.3) is 5.52 Å². The van der Waals surface area contributed by atoms with Crippen LogP contribution < -0.4 is 10.9 Å². The Kier molecular flexibility index (Phi) is 5.06. The van der Waals surface area contributed by atoms with Crippen molar-refractivity contribution in [1.29, 1.82) is 0 Å². The largest absolute Gasteiger partial charge is 0.323 e. The van der Waals surface area contributed by atoms with Gasteiger partial charge in [-0.2, -0.15) is 20.4 Å².